The molecular weight excluding hydrogens is 126 g/mol. The summed E-state index contributed by atoms with van der Waals surface area (Å²) in [6, 6.07) is 0. The molecule has 0 aromatic heterocycles. The van der Waals surface area contributed by atoms with Crippen LogP contribution in [0, 0.1) is 0 Å². The lowest BCUT2D eigenvalue weighted by Crippen LogP contribution is -1.97. The molecule has 0 aromatic rings. The summed E-state index contributed by atoms with van der Waals surface area (Å²) in [7, 11) is 0. The highest BCUT2D eigenvalue weighted by Gasteiger charge is 1.98. The van der Waals surface area contributed by atoms with Crippen LogP contribution in [0.3, 0.4) is 0 Å². The van der Waals surface area contributed by atoms with Gasteiger partial charge in [0.15, 0.2) is 0 Å². The fourth-order valence-electron chi connectivity index (χ4n) is 0.343. The predicted molar refractivity (Wildman–Crippen MR) is 31.5 cm³/mol. The molecule has 8 heavy (non-hydrogen) atoms. The maximum absolute atomic E-state index is 10.3. The van der Waals surface area contributed by atoms with Crippen LogP contribution in [-0.2, 0) is 15.4 Å². The first-order valence-electron chi connectivity index (χ1n) is 2.10. The van der Waals surface area contributed by atoms with Gasteiger partial charge in [0.05, 0.1) is 5.71 Å². The van der Waals surface area contributed by atoms with Crippen molar-refractivity contribution in [3.63, 3.8) is 0 Å². The summed E-state index contributed by atoms with van der Waals surface area (Å²) in [5.41, 5.74) is 0.731. The second kappa shape index (κ2) is 2.09. The van der Waals surface area contributed by atoms with Gasteiger partial charge in [0.1, 0.15) is 6.26 Å². The fraction of sp³-hybridized carbons (Fsp3) is 0.250. The van der Waals surface area contributed by atoms with Gasteiger partial charge in [-0.05, 0) is 13.0 Å². The largest absolute Gasteiger partial charge is 0.392 e. The van der Waals surface area contributed by atoms with Gasteiger partial charge in [-0.3, -0.25) is 0 Å². The van der Waals surface area contributed by atoms with Crippen molar-refractivity contribution in [2.45, 2.75) is 6.92 Å². The molecule has 0 aromatic carbocycles. The minimum absolute atomic E-state index is 0.731. The molecule has 1 unspecified atom stereocenters. The van der Waals surface area contributed by atoms with Crippen LogP contribution < -0.4 is 0 Å². The van der Waals surface area contributed by atoms with E-state index in [2.05, 4.69) is 8.58 Å². The minimum atomic E-state index is -1.47. The summed E-state index contributed by atoms with van der Waals surface area (Å²) < 4.78 is 18.3. The monoisotopic (exact) mass is 131 g/mol. The van der Waals surface area contributed by atoms with E-state index in [1.54, 1.807) is 13.0 Å². The summed E-state index contributed by atoms with van der Waals surface area (Å²) in [6.45, 7) is 1.76. The minimum Gasteiger partial charge on any atom is -0.392 e. The van der Waals surface area contributed by atoms with Gasteiger partial charge in [-0.25, -0.2) is 0 Å². The lowest BCUT2D eigenvalue weighted by atomic mass is 10.4. The molecule has 44 valence electrons. The third kappa shape index (κ3) is 1.16. The van der Waals surface area contributed by atoms with Gasteiger partial charge in [-0.1, -0.05) is 0 Å². The predicted octanol–water partition coefficient (Wildman–Crippen LogP) is 0.570. The maximum atomic E-state index is 10.3. The Hall–Kier alpha value is -0.640. The molecule has 1 aliphatic heterocycles. The van der Waals surface area contributed by atoms with Gasteiger partial charge in [-0.15, -0.1) is 0 Å². The van der Waals surface area contributed by atoms with E-state index in [-0.39, 0.29) is 0 Å². The smallest absolute Gasteiger partial charge is 0.338 e. The van der Waals surface area contributed by atoms with Crippen LogP contribution in [0.15, 0.2) is 16.7 Å². The molecule has 0 N–H and O–H groups in total. The molecule has 0 saturated heterocycles. The van der Waals surface area contributed by atoms with Crippen molar-refractivity contribution in [3.05, 3.63) is 12.3 Å². The Balaban J connectivity index is 2.77. The molecule has 0 spiro atoms. The molecule has 0 radical (unpaired) electrons. The van der Waals surface area contributed by atoms with E-state index >= 15 is 0 Å². The number of rotatable bonds is 0. The highest BCUT2D eigenvalue weighted by atomic mass is 32.2. The Morgan fingerprint density at radius 1 is 1.88 bits per heavy atom. The van der Waals surface area contributed by atoms with Gasteiger partial charge < -0.3 is 4.18 Å². The molecule has 0 fully saturated rings. The van der Waals surface area contributed by atoms with Crippen LogP contribution >= 0.6 is 0 Å². The van der Waals surface area contributed by atoms with E-state index in [1.165, 1.54) is 6.26 Å². The quantitative estimate of drug-likeness (QED) is 0.482. The third-order valence-corrected chi connectivity index (χ3v) is 1.38. The Bertz CT molecular complexity index is 173. The van der Waals surface area contributed by atoms with Crippen molar-refractivity contribution < 1.29 is 8.39 Å². The average Bonchev–Trinajstić information content (AvgIpc) is 1.64. The zero-order valence-corrected chi connectivity index (χ0v) is 5.14. The number of hydrogen-bond donors (Lipinski definition) is 0. The van der Waals surface area contributed by atoms with Gasteiger partial charge in [0.2, 0.25) is 0 Å². The van der Waals surface area contributed by atoms with Gasteiger partial charge >= 0.3 is 11.3 Å². The van der Waals surface area contributed by atoms with Crippen molar-refractivity contribution in [1.82, 2.24) is 0 Å². The SMILES string of the molecule is CC1=NS(=O)OC=C1. The molecule has 1 rings (SSSR count). The highest BCUT2D eigenvalue weighted by Crippen LogP contribution is 1.97. The van der Waals surface area contributed by atoms with E-state index in [0.717, 1.165) is 5.71 Å². The summed E-state index contributed by atoms with van der Waals surface area (Å²) in [5, 5.41) is 0. The van der Waals surface area contributed by atoms with Crippen molar-refractivity contribution in [3.8, 4) is 0 Å². The molecular formula is C4H5NO2S. The van der Waals surface area contributed by atoms with Crippen molar-refractivity contribution in [2.24, 2.45) is 4.40 Å². The summed E-state index contributed by atoms with van der Waals surface area (Å²) in [5.74, 6) is 0. The molecule has 0 amide bonds. The first-order valence-corrected chi connectivity index (χ1v) is 3.13. The van der Waals surface area contributed by atoms with E-state index < -0.39 is 11.3 Å². The van der Waals surface area contributed by atoms with Crippen molar-refractivity contribution >= 4 is 17.0 Å². The first-order chi connectivity index (χ1) is 3.79. The molecule has 3 nitrogen and oxygen atoms in total. The van der Waals surface area contributed by atoms with Crippen molar-refractivity contribution in [1.29, 1.82) is 0 Å². The normalized spacial score (nSPS) is 26.6. The number of hydrogen-bond acceptors (Lipinski definition) is 2. The van der Waals surface area contributed by atoms with E-state index in [4.69, 9.17) is 0 Å². The summed E-state index contributed by atoms with van der Waals surface area (Å²) in [4.78, 5) is 0. The first kappa shape index (κ1) is 5.50. The Morgan fingerprint density at radius 3 is 3.00 bits per heavy atom. The Labute approximate surface area is 49.9 Å². The standard InChI is InChI=1S/C4H5NO2S/c1-4-2-3-7-8(6)5-4/h2-3H,1H3. The Kier molecular flexibility index (Phi) is 1.43. The fourth-order valence-corrected chi connectivity index (χ4v) is 0.833. The van der Waals surface area contributed by atoms with Crippen LogP contribution in [0.4, 0.5) is 0 Å². The number of allylic oxidation sites excluding steroid dienone is 1. The van der Waals surface area contributed by atoms with E-state index in [9.17, 15) is 4.21 Å². The van der Waals surface area contributed by atoms with Crippen LogP contribution in [-0.4, -0.2) is 9.92 Å². The zero-order valence-electron chi connectivity index (χ0n) is 4.33. The third-order valence-electron chi connectivity index (χ3n) is 0.666. The Morgan fingerprint density at radius 2 is 2.62 bits per heavy atom. The highest BCUT2D eigenvalue weighted by molar-refractivity contribution is 7.79. The maximum Gasteiger partial charge on any atom is 0.338 e. The molecule has 1 heterocycles. The summed E-state index contributed by atoms with van der Waals surface area (Å²) >= 11 is -1.47. The molecule has 0 bridgehead atoms. The lowest BCUT2D eigenvalue weighted by Gasteiger charge is -1.98. The molecule has 0 saturated carbocycles. The zero-order chi connectivity index (χ0) is 5.98. The topological polar surface area (TPSA) is 38.7 Å². The summed E-state index contributed by atoms with van der Waals surface area (Å²) in [6.07, 6.45) is 3.03. The van der Waals surface area contributed by atoms with E-state index in [0.29, 0.717) is 0 Å². The average molecular weight is 131 g/mol. The molecule has 1 atom stereocenters. The van der Waals surface area contributed by atoms with Crippen LogP contribution in [0.1, 0.15) is 6.92 Å². The van der Waals surface area contributed by atoms with Gasteiger partial charge in [0, 0.05) is 0 Å². The molecule has 0 aliphatic carbocycles. The van der Waals surface area contributed by atoms with Gasteiger partial charge in [-0.2, -0.15) is 8.61 Å². The molecule has 4 heteroatoms. The van der Waals surface area contributed by atoms with Crippen molar-refractivity contribution in [2.75, 3.05) is 0 Å². The second-order valence-corrected chi connectivity index (χ2v) is 2.16. The van der Waals surface area contributed by atoms with Crippen LogP contribution in [0.2, 0.25) is 0 Å². The number of nitrogens with zero attached hydrogens (tertiary/aromatic N) is 1. The molecule has 1 aliphatic rings. The second-order valence-electron chi connectivity index (χ2n) is 1.35. The van der Waals surface area contributed by atoms with Crippen LogP contribution in [0.25, 0.3) is 0 Å². The van der Waals surface area contributed by atoms with Gasteiger partial charge in [0.25, 0.3) is 0 Å². The lowest BCUT2D eigenvalue weighted by molar-refractivity contribution is 0.505. The van der Waals surface area contributed by atoms with Crippen LogP contribution in [0.5, 0.6) is 0 Å². The van der Waals surface area contributed by atoms with E-state index in [1.807, 2.05) is 0 Å².